The predicted molar refractivity (Wildman–Crippen MR) is 104 cm³/mol. The van der Waals surface area contributed by atoms with Crippen LogP contribution >= 0.6 is 11.3 Å². The van der Waals surface area contributed by atoms with E-state index in [0.29, 0.717) is 6.54 Å². The van der Waals surface area contributed by atoms with E-state index in [-0.39, 0.29) is 12.1 Å². The molecule has 4 heteroatoms. The van der Waals surface area contributed by atoms with E-state index in [2.05, 4.69) is 28.8 Å². The molecule has 3 nitrogen and oxygen atoms in total. The van der Waals surface area contributed by atoms with Crippen molar-refractivity contribution in [2.75, 3.05) is 6.54 Å². The maximum Gasteiger partial charge on any atom is 0.315 e. The molecule has 0 unspecified atom stereocenters. The van der Waals surface area contributed by atoms with Gasteiger partial charge in [0.15, 0.2) is 0 Å². The van der Waals surface area contributed by atoms with Gasteiger partial charge in [-0.2, -0.15) is 0 Å². The van der Waals surface area contributed by atoms with Crippen LogP contribution in [0.3, 0.4) is 0 Å². The fourth-order valence-electron chi connectivity index (χ4n) is 2.74. The van der Waals surface area contributed by atoms with E-state index in [0.717, 1.165) is 23.3 Å². The summed E-state index contributed by atoms with van der Waals surface area (Å²) in [7, 11) is 0. The summed E-state index contributed by atoms with van der Waals surface area (Å²) in [5.41, 5.74) is 2.38. The molecule has 0 spiro atoms. The molecule has 0 saturated heterocycles. The molecule has 1 aromatic heterocycles. The molecule has 3 aromatic rings. The van der Waals surface area contributed by atoms with Crippen LogP contribution in [0.4, 0.5) is 4.79 Å². The van der Waals surface area contributed by atoms with Gasteiger partial charge in [0.05, 0.1) is 6.04 Å². The van der Waals surface area contributed by atoms with Gasteiger partial charge in [0.2, 0.25) is 0 Å². The Balaban J connectivity index is 1.52. The second kappa shape index (κ2) is 9.04. The van der Waals surface area contributed by atoms with E-state index in [1.807, 2.05) is 60.0 Å². The molecule has 0 saturated carbocycles. The minimum absolute atomic E-state index is 0.115. The van der Waals surface area contributed by atoms with Gasteiger partial charge in [0.1, 0.15) is 0 Å². The minimum atomic E-state index is -0.129. The monoisotopic (exact) mass is 350 g/mol. The van der Waals surface area contributed by atoms with Crippen molar-refractivity contribution in [3.63, 3.8) is 0 Å². The molecule has 0 aliphatic carbocycles. The third-order valence-corrected chi connectivity index (χ3v) is 4.94. The number of rotatable bonds is 7. The molecule has 2 N–H and O–H groups in total. The molecule has 1 atom stereocenters. The molecule has 0 aliphatic heterocycles. The van der Waals surface area contributed by atoms with Crippen LogP contribution in [0.15, 0.2) is 78.2 Å². The van der Waals surface area contributed by atoms with Crippen molar-refractivity contribution in [2.45, 2.75) is 18.9 Å². The van der Waals surface area contributed by atoms with Gasteiger partial charge in [-0.15, -0.1) is 11.3 Å². The van der Waals surface area contributed by atoms with Gasteiger partial charge < -0.3 is 10.6 Å². The topological polar surface area (TPSA) is 41.1 Å². The maximum absolute atomic E-state index is 12.3. The van der Waals surface area contributed by atoms with Gasteiger partial charge >= 0.3 is 6.03 Å². The Bertz CT molecular complexity index is 757. The summed E-state index contributed by atoms with van der Waals surface area (Å²) in [5, 5.41) is 8.10. The number of carbonyl (C=O) groups is 1. The minimum Gasteiger partial charge on any atom is -0.338 e. The van der Waals surface area contributed by atoms with Crippen LogP contribution in [0.25, 0.3) is 0 Å². The lowest BCUT2D eigenvalue weighted by Gasteiger charge is -2.18. The second-order valence-electron chi connectivity index (χ2n) is 5.85. The van der Waals surface area contributed by atoms with Crippen LogP contribution in [0, 0.1) is 0 Å². The number of hydrogen-bond acceptors (Lipinski definition) is 2. The average Bonchev–Trinajstić information content (AvgIpc) is 3.19. The zero-order chi connectivity index (χ0) is 17.3. The number of carbonyl (C=O) groups excluding carboxylic acids is 1. The van der Waals surface area contributed by atoms with Crippen molar-refractivity contribution in [3.05, 3.63) is 94.2 Å². The largest absolute Gasteiger partial charge is 0.338 e. The Hall–Kier alpha value is -2.59. The molecule has 0 radical (unpaired) electrons. The molecular formula is C21H22N2OS. The van der Waals surface area contributed by atoms with Crippen LogP contribution in [0.1, 0.15) is 28.5 Å². The van der Waals surface area contributed by atoms with Crippen LogP contribution in [-0.4, -0.2) is 12.6 Å². The van der Waals surface area contributed by atoms with Gasteiger partial charge in [0, 0.05) is 11.4 Å². The summed E-state index contributed by atoms with van der Waals surface area (Å²) in [6.07, 6.45) is 1.89. The zero-order valence-corrected chi connectivity index (χ0v) is 14.8. The van der Waals surface area contributed by atoms with Crippen molar-refractivity contribution >= 4 is 17.4 Å². The third-order valence-electron chi connectivity index (χ3n) is 4.01. The number of hydrogen-bond donors (Lipinski definition) is 2. The van der Waals surface area contributed by atoms with E-state index < -0.39 is 0 Å². The highest BCUT2D eigenvalue weighted by atomic mass is 32.1. The van der Waals surface area contributed by atoms with E-state index in [9.17, 15) is 4.79 Å². The van der Waals surface area contributed by atoms with Crippen molar-refractivity contribution < 1.29 is 4.79 Å². The first kappa shape index (κ1) is 17.2. The van der Waals surface area contributed by atoms with Gasteiger partial charge in [-0.1, -0.05) is 66.7 Å². The number of thiophene rings is 1. The Labute approximate surface area is 152 Å². The highest BCUT2D eigenvalue weighted by Gasteiger charge is 2.17. The molecule has 0 bridgehead atoms. The molecule has 0 aliphatic rings. The molecule has 0 fully saturated rings. The van der Waals surface area contributed by atoms with E-state index in [1.165, 1.54) is 5.56 Å². The Morgan fingerprint density at radius 3 is 2.32 bits per heavy atom. The first-order chi connectivity index (χ1) is 12.3. The number of nitrogens with one attached hydrogen (secondary N) is 2. The zero-order valence-electron chi connectivity index (χ0n) is 14.0. The smallest absolute Gasteiger partial charge is 0.315 e. The lowest BCUT2D eigenvalue weighted by molar-refractivity contribution is 0.238. The first-order valence-electron chi connectivity index (χ1n) is 8.49. The van der Waals surface area contributed by atoms with Gasteiger partial charge in [-0.25, -0.2) is 4.79 Å². The van der Waals surface area contributed by atoms with E-state index in [4.69, 9.17) is 0 Å². The standard InChI is InChI=1S/C21H22N2OS/c24-21(22-15-7-11-17-9-3-1-4-10-17)23-20(19-14-8-16-25-19)18-12-5-2-6-13-18/h1-6,8-10,12-14,16,20H,7,11,15H2,(H2,22,23,24)/t20-/m1/s1. The maximum atomic E-state index is 12.3. The molecule has 128 valence electrons. The van der Waals surface area contributed by atoms with Crippen LogP contribution in [-0.2, 0) is 6.42 Å². The summed E-state index contributed by atoms with van der Waals surface area (Å²) in [6, 6.07) is 24.2. The molecule has 2 aromatic carbocycles. The second-order valence-corrected chi connectivity index (χ2v) is 6.83. The summed E-state index contributed by atoms with van der Waals surface area (Å²) >= 11 is 1.65. The number of urea groups is 1. The highest BCUT2D eigenvalue weighted by molar-refractivity contribution is 7.10. The number of amides is 2. The Morgan fingerprint density at radius 1 is 0.920 bits per heavy atom. The number of benzene rings is 2. The van der Waals surface area contributed by atoms with Gasteiger partial charge in [-0.05, 0) is 35.4 Å². The van der Waals surface area contributed by atoms with Crippen molar-refractivity contribution in [1.29, 1.82) is 0 Å². The summed E-state index contributed by atoms with van der Waals surface area (Å²) < 4.78 is 0. The molecular weight excluding hydrogens is 328 g/mol. The Kier molecular flexibility index (Phi) is 6.23. The summed E-state index contributed by atoms with van der Waals surface area (Å²) in [5.74, 6) is 0. The fourth-order valence-corrected chi connectivity index (χ4v) is 3.54. The Morgan fingerprint density at radius 2 is 1.64 bits per heavy atom. The van der Waals surface area contributed by atoms with Crippen LogP contribution < -0.4 is 10.6 Å². The lowest BCUT2D eigenvalue weighted by Crippen LogP contribution is -2.38. The van der Waals surface area contributed by atoms with Gasteiger partial charge in [0.25, 0.3) is 0 Å². The molecule has 2 amide bonds. The van der Waals surface area contributed by atoms with Crippen LogP contribution in [0.2, 0.25) is 0 Å². The fraction of sp³-hybridized carbons (Fsp3) is 0.190. The average molecular weight is 350 g/mol. The van der Waals surface area contributed by atoms with Crippen molar-refractivity contribution in [3.8, 4) is 0 Å². The van der Waals surface area contributed by atoms with Crippen LogP contribution in [0.5, 0.6) is 0 Å². The summed E-state index contributed by atoms with van der Waals surface area (Å²) in [6.45, 7) is 0.659. The van der Waals surface area contributed by atoms with Gasteiger partial charge in [-0.3, -0.25) is 0 Å². The third kappa shape index (κ3) is 5.19. The van der Waals surface area contributed by atoms with E-state index >= 15 is 0 Å². The lowest BCUT2D eigenvalue weighted by atomic mass is 10.1. The number of aryl methyl sites for hydroxylation is 1. The summed E-state index contributed by atoms with van der Waals surface area (Å²) in [4.78, 5) is 13.4. The molecule has 1 heterocycles. The quantitative estimate of drug-likeness (QED) is 0.592. The predicted octanol–water partition coefficient (Wildman–Crippen LogP) is 4.77. The first-order valence-corrected chi connectivity index (χ1v) is 9.37. The normalized spacial score (nSPS) is 11.7. The van der Waals surface area contributed by atoms with E-state index in [1.54, 1.807) is 11.3 Å². The van der Waals surface area contributed by atoms with Crippen molar-refractivity contribution in [2.24, 2.45) is 0 Å². The van der Waals surface area contributed by atoms with Crippen molar-refractivity contribution in [1.82, 2.24) is 10.6 Å². The SMILES string of the molecule is O=C(NCCCc1ccccc1)N[C@H](c1ccccc1)c1cccs1. The molecule has 25 heavy (non-hydrogen) atoms. The molecule has 3 rings (SSSR count). The highest BCUT2D eigenvalue weighted by Crippen LogP contribution is 2.25.